The Labute approximate surface area is 107 Å². The Morgan fingerprint density at radius 2 is 2.06 bits per heavy atom. The molecule has 100 valence electrons. The molecule has 0 bridgehead atoms. The zero-order valence-electron chi connectivity index (χ0n) is 11.3. The van der Waals surface area contributed by atoms with Gasteiger partial charge in [-0.15, -0.1) is 0 Å². The molecule has 0 aliphatic heterocycles. The highest BCUT2D eigenvalue weighted by atomic mass is 16.4. The molecule has 0 aromatic carbocycles. The SMILES string of the molecule is CC(=O)c1cc(C(=O)O)n(C(C)CCN(C)C)c1. The van der Waals surface area contributed by atoms with Gasteiger partial charge in [0.15, 0.2) is 5.78 Å². The summed E-state index contributed by atoms with van der Waals surface area (Å²) < 4.78 is 1.67. The van der Waals surface area contributed by atoms with Crippen LogP contribution in [-0.4, -0.2) is 47.0 Å². The number of carboxylic acid groups (broad SMARTS) is 1. The Kier molecular flexibility index (Phi) is 4.67. The predicted molar refractivity (Wildman–Crippen MR) is 69.3 cm³/mol. The first-order valence-electron chi connectivity index (χ1n) is 5.93. The van der Waals surface area contributed by atoms with E-state index in [9.17, 15) is 9.59 Å². The molecule has 1 aromatic rings. The molecule has 1 rings (SSSR count). The Morgan fingerprint density at radius 3 is 2.50 bits per heavy atom. The van der Waals surface area contributed by atoms with E-state index in [1.807, 2.05) is 25.9 Å². The van der Waals surface area contributed by atoms with Gasteiger partial charge in [-0.3, -0.25) is 4.79 Å². The van der Waals surface area contributed by atoms with E-state index >= 15 is 0 Å². The van der Waals surface area contributed by atoms with Crippen LogP contribution in [0.15, 0.2) is 12.3 Å². The first kappa shape index (κ1) is 14.4. The summed E-state index contributed by atoms with van der Waals surface area (Å²) in [6.45, 7) is 4.27. The van der Waals surface area contributed by atoms with Gasteiger partial charge in [0, 0.05) is 17.8 Å². The molecule has 1 N–H and O–H groups in total. The van der Waals surface area contributed by atoms with Crippen LogP contribution < -0.4 is 0 Å². The molecule has 0 saturated carbocycles. The molecule has 1 aromatic heterocycles. The lowest BCUT2D eigenvalue weighted by molar-refractivity contribution is 0.0682. The summed E-state index contributed by atoms with van der Waals surface area (Å²) >= 11 is 0. The van der Waals surface area contributed by atoms with Crippen molar-refractivity contribution < 1.29 is 14.7 Å². The van der Waals surface area contributed by atoms with Gasteiger partial charge in [-0.25, -0.2) is 4.79 Å². The maximum atomic E-state index is 11.3. The number of ketones is 1. The van der Waals surface area contributed by atoms with Gasteiger partial charge in [0.25, 0.3) is 0 Å². The average Bonchev–Trinajstić information content (AvgIpc) is 2.70. The molecule has 0 amide bonds. The van der Waals surface area contributed by atoms with Crippen molar-refractivity contribution in [2.75, 3.05) is 20.6 Å². The third-order valence-electron chi connectivity index (χ3n) is 2.94. The number of rotatable bonds is 6. The van der Waals surface area contributed by atoms with Crippen LogP contribution in [0.3, 0.4) is 0 Å². The van der Waals surface area contributed by atoms with Gasteiger partial charge >= 0.3 is 5.97 Å². The van der Waals surface area contributed by atoms with Gasteiger partial charge < -0.3 is 14.6 Å². The van der Waals surface area contributed by atoms with Crippen LogP contribution in [0, 0.1) is 0 Å². The minimum Gasteiger partial charge on any atom is -0.477 e. The van der Waals surface area contributed by atoms with Crippen LogP contribution >= 0.6 is 0 Å². The molecule has 1 atom stereocenters. The Hall–Kier alpha value is -1.62. The molecule has 0 spiro atoms. The second-order valence-electron chi connectivity index (χ2n) is 4.82. The normalized spacial score (nSPS) is 12.7. The van der Waals surface area contributed by atoms with Crippen molar-refractivity contribution in [3.8, 4) is 0 Å². The van der Waals surface area contributed by atoms with E-state index in [0.29, 0.717) is 5.56 Å². The number of hydrogen-bond acceptors (Lipinski definition) is 3. The topological polar surface area (TPSA) is 62.5 Å². The molecule has 0 aliphatic rings. The maximum absolute atomic E-state index is 11.3. The highest BCUT2D eigenvalue weighted by Crippen LogP contribution is 2.18. The Morgan fingerprint density at radius 1 is 1.44 bits per heavy atom. The van der Waals surface area contributed by atoms with E-state index in [1.165, 1.54) is 13.0 Å². The van der Waals surface area contributed by atoms with Crippen molar-refractivity contribution in [3.05, 3.63) is 23.5 Å². The van der Waals surface area contributed by atoms with Crippen molar-refractivity contribution in [1.29, 1.82) is 0 Å². The van der Waals surface area contributed by atoms with E-state index in [-0.39, 0.29) is 17.5 Å². The van der Waals surface area contributed by atoms with Crippen molar-refractivity contribution in [2.45, 2.75) is 26.3 Å². The minimum absolute atomic E-state index is 0.0478. The second-order valence-corrected chi connectivity index (χ2v) is 4.82. The summed E-state index contributed by atoms with van der Waals surface area (Å²) in [6, 6.07) is 1.49. The summed E-state index contributed by atoms with van der Waals surface area (Å²) in [5.74, 6) is -1.12. The molecule has 18 heavy (non-hydrogen) atoms. The van der Waals surface area contributed by atoms with Crippen LogP contribution in [0.25, 0.3) is 0 Å². The van der Waals surface area contributed by atoms with Gasteiger partial charge in [0.05, 0.1) is 0 Å². The van der Waals surface area contributed by atoms with Crippen LogP contribution in [-0.2, 0) is 0 Å². The van der Waals surface area contributed by atoms with E-state index in [1.54, 1.807) is 10.8 Å². The molecule has 0 saturated heterocycles. The van der Waals surface area contributed by atoms with Crippen molar-refractivity contribution in [1.82, 2.24) is 9.47 Å². The zero-order valence-corrected chi connectivity index (χ0v) is 11.3. The van der Waals surface area contributed by atoms with Crippen LogP contribution in [0.5, 0.6) is 0 Å². The van der Waals surface area contributed by atoms with Gasteiger partial charge in [0.2, 0.25) is 0 Å². The lowest BCUT2D eigenvalue weighted by Gasteiger charge is -2.18. The summed E-state index contributed by atoms with van der Waals surface area (Å²) in [4.78, 5) is 24.5. The summed E-state index contributed by atoms with van der Waals surface area (Å²) in [5.41, 5.74) is 0.621. The highest BCUT2D eigenvalue weighted by molar-refractivity contribution is 5.97. The summed E-state index contributed by atoms with van der Waals surface area (Å²) in [5, 5.41) is 9.14. The van der Waals surface area contributed by atoms with Crippen LogP contribution in [0.2, 0.25) is 0 Å². The smallest absolute Gasteiger partial charge is 0.352 e. The molecule has 5 nitrogen and oxygen atoms in total. The van der Waals surface area contributed by atoms with E-state index in [2.05, 4.69) is 0 Å². The van der Waals surface area contributed by atoms with Crippen molar-refractivity contribution in [2.24, 2.45) is 0 Å². The summed E-state index contributed by atoms with van der Waals surface area (Å²) in [6.07, 6.45) is 2.46. The number of nitrogens with zero attached hydrogens (tertiary/aromatic N) is 2. The third kappa shape index (κ3) is 3.43. The van der Waals surface area contributed by atoms with Crippen LogP contribution in [0.4, 0.5) is 0 Å². The van der Waals surface area contributed by atoms with E-state index in [0.717, 1.165) is 13.0 Å². The first-order valence-corrected chi connectivity index (χ1v) is 5.93. The lowest BCUT2D eigenvalue weighted by atomic mass is 10.2. The maximum Gasteiger partial charge on any atom is 0.352 e. The Bertz CT molecular complexity index is 449. The molecule has 0 aliphatic carbocycles. The molecule has 1 heterocycles. The fraction of sp³-hybridized carbons (Fsp3) is 0.538. The van der Waals surface area contributed by atoms with Gasteiger partial charge in [0.1, 0.15) is 5.69 Å². The molecule has 0 fully saturated rings. The summed E-state index contributed by atoms with van der Waals surface area (Å²) in [7, 11) is 3.95. The molecule has 5 heteroatoms. The predicted octanol–water partition coefficient (Wildman–Crippen LogP) is 1.90. The lowest BCUT2D eigenvalue weighted by Crippen LogP contribution is -2.19. The number of aromatic nitrogens is 1. The first-order chi connectivity index (χ1) is 8.32. The number of carbonyl (C=O) groups excluding carboxylic acids is 1. The average molecular weight is 252 g/mol. The minimum atomic E-state index is -1.00. The molecule has 1 unspecified atom stereocenters. The zero-order chi connectivity index (χ0) is 13.9. The number of Topliss-reactive ketones (excluding diaryl/α,β-unsaturated/α-hetero) is 1. The third-order valence-corrected chi connectivity index (χ3v) is 2.94. The second kappa shape index (κ2) is 5.82. The standard InChI is InChI=1S/C13H20N2O3/c1-9(5-6-14(3)4)15-8-11(10(2)16)7-12(15)13(17)18/h7-9H,5-6H2,1-4H3,(H,17,18). The van der Waals surface area contributed by atoms with Gasteiger partial charge in [-0.05, 0) is 47.0 Å². The number of carboxylic acids is 1. The highest BCUT2D eigenvalue weighted by Gasteiger charge is 2.18. The van der Waals surface area contributed by atoms with E-state index in [4.69, 9.17) is 5.11 Å². The number of aromatic carboxylic acids is 1. The van der Waals surface area contributed by atoms with Crippen LogP contribution in [0.1, 0.15) is 47.2 Å². The fourth-order valence-corrected chi connectivity index (χ4v) is 1.79. The van der Waals surface area contributed by atoms with Gasteiger partial charge in [-0.1, -0.05) is 0 Å². The van der Waals surface area contributed by atoms with Crippen molar-refractivity contribution in [3.63, 3.8) is 0 Å². The fourth-order valence-electron chi connectivity index (χ4n) is 1.79. The van der Waals surface area contributed by atoms with Crippen molar-refractivity contribution >= 4 is 11.8 Å². The quantitative estimate of drug-likeness (QED) is 0.785. The van der Waals surface area contributed by atoms with Gasteiger partial charge in [-0.2, -0.15) is 0 Å². The number of hydrogen-bond donors (Lipinski definition) is 1. The largest absolute Gasteiger partial charge is 0.477 e. The number of carbonyl (C=O) groups is 2. The Balaban J connectivity index is 2.98. The molecular weight excluding hydrogens is 232 g/mol. The molecular formula is C13H20N2O3. The van der Waals surface area contributed by atoms with E-state index < -0.39 is 5.97 Å². The monoisotopic (exact) mass is 252 g/mol. The molecule has 0 radical (unpaired) electrons.